The van der Waals surface area contributed by atoms with Gasteiger partial charge in [-0.15, -0.1) is 0 Å². The van der Waals surface area contributed by atoms with E-state index in [9.17, 15) is 9.18 Å². The Bertz CT molecular complexity index is 1260. The van der Waals surface area contributed by atoms with E-state index < -0.39 is 0 Å². The summed E-state index contributed by atoms with van der Waals surface area (Å²) < 4.78 is 15.1. The Hall–Kier alpha value is -3.74. The second kappa shape index (κ2) is 8.65. The molecule has 4 rings (SSSR count). The second-order valence-electron chi connectivity index (χ2n) is 9.34. The topological polar surface area (TPSA) is 71.8 Å². The predicted octanol–water partition coefficient (Wildman–Crippen LogP) is 5.69. The van der Waals surface area contributed by atoms with Crippen molar-refractivity contribution in [1.82, 2.24) is 20.1 Å². The van der Waals surface area contributed by atoms with Crippen molar-refractivity contribution in [3.63, 3.8) is 0 Å². The first-order chi connectivity index (χ1) is 15.7. The lowest BCUT2D eigenvalue weighted by Crippen LogP contribution is -2.46. The van der Waals surface area contributed by atoms with E-state index in [2.05, 4.69) is 60.5 Å². The SMILES string of the molecule is CC(C)(CNC(=O)Nc1ccccn1)C(C)(C)c1ccc2c(cnn2-c2ccc(F)cc2)c1. The van der Waals surface area contributed by atoms with E-state index in [1.807, 2.05) is 18.3 Å². The fourth-order valence-electron chi connectivity index (χ4n) is 3.72. The summed E-state index contributed by atoms with van der Waals surface area (Å²) >= 11 is 0. The van der Waals surface area contributed by atoms with Gasteiger partial charge in [0.05, 0.1) is 17.4 Å². The zero-order chi connectivity index (χ0) is 23.6. The van der Waals surface area contributed by atoms with Crippen LogP contribution in [-0.2, 0) is 5.41 Å². The number of pyridine rings is 1. The molecule has 2 heterocycles. The first-order valence-corrected chi connectivity index (χ1v) is 10.9. The Morgan fingerprint density at radius 2 is 1.79 bits per heavy atom. The average Bonchev–Trinajstić information content (AvgIpc) is 3.22. The number of nitrogens with zero attached hydrogens (tertiary/aromatic N) is 3. The van der Waals surface area contributed by atoms with E-state index in [0.29, 0.717) is 12.4 Å². The lowest BCUT2D eigenvalue weighted by molar-refractivity contribution is 0.189. The number of carbonyl (C=O) groups is 1. The number of urea groups is 1. The molecule has 2 amide bonds. The molecule has 0 radical (unpaired) electrons. The van der Waals surface area contributed by atoms with Gasteiger partial charge < -0.3 is 5.32 Å². The van der Waals surface area contributed by atoms with E-state index in [4.69, 9.17) is 0 Å². The maximum atomic E-state index is 13.3. The molecule has 2 N–H and O–H groups in total. The zero-order valence-electron chi connectivity index (χ0n) is 19.3. The van der Waals surface area contributed by atoms with Crippen molar-refractivity contribution in [3.05, 3.63) is 84.4 Å². The molecular formula is C26H28FN5O. The molecule has 0 fully saturated rings. The Morgan fingerprint density at radius 1 is 1.03 bits per heavy atom. The normalized spacial score (nSPS) is 12.0. The van der Waals surface area contributed by atoms with Crippen molar-refractivity contribution in [2.75, 3.05) is 11.9 Å². The molecule has 0 aliphatic carbocycles. The van der Waals surface area contributed by atoms with Crippen molar-refractivity contribution in [3.8, 4) is 5.69 Å². The van der Waals surface area contributed by atoms with Crippen LogP contribution in [0.4, 0.5) is 15.0 Å². The quantitative estimate of drug-likeness (QED) is 0.401. The van der Waals surface area contributed by atoms with Gasteiger partial charge in [0.2, 0.25) is 0 Å². The van der Waals surface area contributed by atoms with Crippen molar-refractivity contribution in [2.45, 2.75) is 33.1 Å². The van der Waals surface area contributed by atoms with Gasteiger partial charge in [0.1, 0.15) is 11.6 Å². The number of benzene rings is 2. The molecule has 0 unspecified atom stereocenters. The summed E-state index contributed by atoms with van der Waals surface area (Å²) in [6.07, 6.45) is 3.46. The minimum atomic E-state index is -0.284. The number of amides is 2. The van der Waals surface area contributed by atoms with Crippen LogP contribution in [0.25, 0.3) is 16.6 Å². The van der Waals surface area contributed by atoms with E-state index in [0.717, 1.165) is 22.2 Å². The molecule has 0 atom stereocenters. The van der Waals surface area contributed by atoms with Crippen LogP contribution >= 0.6 is 0 Å². The van der Waals surface area contributed by atoms with Gasteiger partial charge in [-0.1, -0.05) is 39.8 Å². The zero-order valence-corrected chi connectivity index (χ0v) is 19.3. The molecule has 4 aromatic rings. The minimum absolute atomic E-state index is 0.253. The summed E-state index contributed by atoms with van der Waals surface area (Å²) in [5.41, 5.74) is 2.39. The summed E-state index contributed by atoms with van der Waals surface area (Å²) in [5, 5.41) is 11.2. The molecule has 0 saturated carbocycles. The predicted molar refractivity (Wildman–Crippen MR) is 129 cm³/mol. The number of anilines is 1. The molecular weight excluding hydrogens is 417 g/mol. The van der Waals surface area contributed by atoms with Gasteiger partial charge in [0.25, 0.3) is 0 Å². The summed E-state index contributed by atoms with van der Waals surface area (Å²) in [4.78, 5) is 16.5. The van der Waals surface area contributed by atoms with Crippen LogP contribution < -0.4 is 10.6 Å². The fraction of sp³-hybridized carbons (Fsp3) is 0.269. The monoisotopic (exact) mass is 445 g/mol. The fourth-order valence-corrected chi connectivity index (χ4v) is 3.72. The van der Waals surface area contributed by atoms with Gasteiger partial charge in [-0.25, -0.2) is 18.9 Å². The number of nitrogens with one attached hydrogen (secondary N) is 2. The Labute approximate surface area is 192 Å². The van der Waals surface area contributed by atoms with Crippen LogP contribution in [0.3, 0.4) is 0 Å². The van der Waals surface area contributed by atoms with Gasteiger partial charge in [0.15, 0.2) is 0 Å². The first kappa shape index (κ1) is 22.5. The number of fused-ring (bicyclic) bond motifs is 1. The molecule has 0 aliphatic heterocycles. The van der Waals surface area contributed by atoms with Gasteiger partial charge >= 0.3 is 6.03 Å². The molecule has 0 bridgehead atoms. The number of hydrogen-bond acceptors (Lipinski definition) is 3. The highest BCUT2D eigenvalue weighted by atomic mass is 19.1. The summed E-state index contributed by atoms with van der Waals surface area (Å²) in [6.45, 7) is 9.11. The van der Waals surface area contributed by atoms with Crippen LogP contribution in [0, 0.1) is 11.2 Å². The van der Waals surface area contributed by atoms with Crippen LogP contribution in [0.5, 0.6) is 0 Å². The third-order valence-electron chi connectivity index (χ3n) is 6.65. The van der Waals surface area contributed by atoms with E-state index in [1.165, 1.54) is 12.1 Å². The van der Waals surface area contributed by atoms with Gasteiger partial charge in [-0.2, -0.15) is 5.10 Å². The molecule has 2 aromatic carbocycles. The molecule has 7 heteroatoms. The highest BCUT2D eigenvalue weighted by molar-refractivity contribution is 5.88. The van der Waals surface area contributed by atoms with Crippen molar-refractivity contribution in [2.24, 2.45) is 5.41 Å². The standard InChI is InChI=1S/C26H28FN5O/c1-25(2,17-29-24(33)31-23-7-5-6-14-28-23)26(3,4)19-8-13-22-18(15-19)16-30-32(22)21-11-9-20(27)10-12-21/h5-16H,17H2,1-4H3,(H2,28,29,31,33). The molecule has 0 saturated heterocycles. The Morgan fingerprint density at radius 3 is 2.48 bits per heavy atom. The van der Waals surface area contributed by atoms with E-state index in [1.54, 1.807) is 35.1 Å². The summed E-state index contributed by atoms with van der Waals surface area (Å²) in [7, 11) is 0. The third-order valence-corrected chi connectivity index (χ3v) is 6.65. The van der Waals surface area contributed by atoms with E-state index >= 15 is 0 Å². The van der Waals surface area contributed by atoms with Crippen LogP contribution in [-0.4, -0.2) is 27.3 Å². The maximum absolute atomic E-state index is 13.3. The molecule has 0 spiro atoms. The van der Waals surface area contributed by atoms with Gasteiger partial charge in [0, 0.05) is 18.1 Å². The molecule has 0 aliphatic rings. The lowest BCUT2D eigenvalue weighted by atomic mass is 9.64. The number of rotatable bonds is 6. The third kappa shape index (κ3) is 4.58. The lowest BCUT2D eigenvalue weighted by Gasteiger charge is -2.42. The van der Waals surface area contributed by atoms with Gasteiger partial charge in [-0.3, -0.25) is 5.32 Å². The number of aromatic nitrogens is 3. The van der Waals surface area contributed by atoms with Crippen LogP contribution in [0.2, 0.25) is 0 Å². The molecule has 6 nitrogen and oxygen atoms in total. The Balaban J connectivity index is 1.52. The number of halogens is 1. The maximum Gasteiger partial charge on any atom is 0.320 e. The first-order valence-electron chi connectivity index (χ1n) is 10.9. The molecule has 33 heavy (non-hydrogen) atoms. The van der Waals surface area contributed by atoms with Crippen molar-refractivity contribution >= 4 is 22.8 Å². The second-order valence-corrected chi connectivity index (χ2v) is 9.34. The number of carbonyl (C=O) groups excluding carboxylic acids is 1. The highest BCUT2D eigenvalue weighted by Crippen LogP contribution is 2.41. The largest absolute Gasteiger partial charge is 0.337 e. The summed E-state index contributed by atoms with van der Waals surface area (Å²) in [6, 6.07) is 17.6. The Kier molecular flexibility index (Phi) is 5.89. The average molecular weight is 446 g/mol. The van der Waals surface area contributed by atoms with Gasteiger partial charge in [-0.05, 0) is 64.9 Å². The van der Waals surface area contributed by atoms with Crippen LogP contribution in [0.1, 0.15) is 33.3 Å². The number of hydrogen-bond donors (Lipinski definition) is 2. The minimum Gasteiger partial charge on any atom is -0.337 e. The smallest absolute Gasteiger partial charge is 0.320 e. The highest BCUT2D eigenvalue weighted by Gasteiger charge is 2.38. The van der Waals surface area contributed by atoms with Crippen molar-refractivity contribution < 1.29 is 9.18 Å². The molecule has 170 valence electrons. The molecule has 2 aromatic heterocycles. The van der Waals surface area contributed by atoms with Crippen LogP contribution in [0.15, 0.2) is 73.1 Å². The summed E-state index contributed by atoms with van der Waals surface area (Å²) in [5.74, 6) is 0.236. The van der Waals surface area contributed by atoms with Crippen molar-refractivity contribution in [1.29, 1.82) is 0 Å². The van der Waals surface area contributed by atoms with E-state index in [-0.39, 0.29) is 22.7 Å².